The number of unbranched alkanes of at least 4 members (excludes halogenated alkanes) is 1. The molecular weight excluding hydrogens is 468 g/mol. The molecule has 4 rings (SSSR count). The first kappa shape index (κ1) is 28.1. The summed E-state index contributed by atoms with van der Waals surface area (Å²) >= 11 is 0. The zero-order chi connectivity index (χ0) is 26.4. The second-order valence-corrected chi connectivity index (χ2v) is 11.7. The van der Waals surface area contributed by atoms with E-state index in [4.69, 9.17) is 9.47 Å². The molecule has 37 heavy (non-hydrogen) atoms. The number of likely N-dealkylation sites (tertiary alicyclic amines) is 2. The number of carbonyl (C=O) groups is 1. The molecule has 3 heterocycles. The summed E-state index contributed by atoms with van der Waals surface area (Å²) in [5, 5.41) is 10.4. The number of nitrogens with zero attached hydrogens (tertiary/aromatic N) is 4. The van der Waals surface area contributed by atoms with Crippen molar-refractivity contribution in [2.45, 2.75) is 76.5 Å². The van der Waals surface area contributed by atoms with Crippen molar-refractivity contribution in [1.29, 1.82) is 0 Å². The number of amides is 1. The molecule has 3 aliphatic heterocycles. The zero-order valence-corrected chi connectivity index (χ0v) is 23.5. The number of aliphatic hydroxyl groups excluding tert-OH is 1. The summed E-state index contributed by atoms with van der Waals surface area (Å²) in [6.45, 7) is 10.5. The van der Waals surface area contributed by atoms with Crippen LogP contribution < -0.4 is 9.47 Å². The van der Waals surface area contributed by atoms with E-state index < -0.39 is 0 Å². The van der Waals surface area contributed by atoms with Gasteiger partial charge in [0.25, 0.3) is 0 Å². The number of carbonyl (C=O) groups excluding carboxylic acids is 1. The maximum atomic E-state index is 13.7. The second-order valence-electron chi connectivity index (χ2n) is 11.7. The van der Waals surface area contributed by atoms with Crippen LogP contribution in [0.1, 0.15) is 70.3 Å². The van der Waals surface area contributed by atoms with Gasteiger partial charge in [-0.3, -0.25) is 14.6 Å². The first-order valence-corrected chi connectivity index (χ1v) is 14.3. The third kappa shape index (κ3) is 7.16. The van der Waals surface area contributed by atoms with Crippen molar-refractivity contribution >= 4 is 5.91 Å². The molecule has 2 saturated heterocycles. The van der Waals surface area contributed by atoms with E-state index in [1.165, 1.54) is 5.56 Å². The van der Waals surface area contributed by atoms with Crippen molar-refractivity contribution in [2.24, 2.45) is 0 Å². The number of hydrogen-bond donors (Lipinski definition) is 1. The fourth-order valence-electron chi connectivity index (χ4n) is 6.12. The van der Waals surface area contributed by atoms with E-state index in [1.807, 2.05) is 6.07 Å². The molecule has 208 valence electrons. The van der Waals surface area contributed by atoms with Crippen LogP contribution in [0.3, 0.4) is 0 Å². The van der Waals surface area contributed by atoms with Crippen LogP contribution in [0.2, 0.25) is 0 Å². The first-order chi connectivity index (χ1) is 17.8. The van der Waals surface area contributed by atoms with Crippen molar-refractivity contribution in [2.75, 3.05) is 66.7 Å². The molecule has 3 atom stereocenters. The van der Waals surface area contributed by atoms with E-state index in [2.05, 4.69) is 59.7 Å². The van der Waals surface area contributed by atoms with Crippen LogP contribution in [-0.4, -0.2) is 109 Å². The Bertz CT molecular complexity index is 897. The average molecular weight is 517 g/mol. The third-order valence-corrected chi connectivity index (χ3v) is 8.52. The molecule has 1 amide bonds. The molecule has 0 spiro atoms. The van der Waals surface area contributed by atoms with Crippen LogP contribution in [0, 0.1) is 0 Å². The molecule has 2 unspecified atom stereocenters. The van der Waals surface area contributed by atoms with E-state index in [-0.39, 0.29) is 24.5 Å². The predicted molar refractivity (Wildman–Crippen MR) is 146 cm³/mol. The number of hydrogen-bond acceptors (Lipinski definition) is 7. The minimum absolute atomic E-state index is 0.112. The van der Waals surface area contributed by atoms with Crippen LogP contribution in [0.4, 0.5) is 0 Å². The summed E-state index contributed by atoms with van der Waals surface area (Å²) in [4.78, 5) is 22.6. The van der Waals surface area contributed by atoms with Crippen LogP contribution in [0.5, 0.6) is 11.5 Å². The Morgan fingerprint density at radius 1 is 1.16 bits per heavy atom. The van der Waals surface area contributed by atoms with Gasteiger partial charge in [-0.2, -0.15) is 0 Å². The van der Waals surface area contributed by atoms with E-state index in [0.29, 0.717) is 12.5 Å². The smallest absolute Gasteiger partial charge is 0.236 e. The van der Waals surface area contributed by atoms with Gasteiger partial charge < -0.3 is 24.4 Å². The van der Waals surface area contributed by atoms with Crippen LogP contribution in [0.15, 0.2) is 18.2 Å². The van der Waals surface area contributed by atoms with Gasteiger partial charge in [-0.05, 0) is 89.7 Å². The minimum Gasteiger partial charge on any atom is -0.454 e. The minimum atomic E-state index is -0.328. The van der Waals surface area contributed by atoms with Crippen molar-refractivity contribution < 1.29 is 19.4 Å². The first-order valence-electron chi connectivity index (χ1n) is 14.3. The molecule has 0 aromatic heterocycles. The fraction of sp³-hybridized carbons (Fsp3) is 0.759. The monoisotopic (exact) mass is 516 g/mol. The molecule has 8 nitrogen and oxygen atoms in total. The largest absolute Gasteiger partial charge is 0.454 e. The van der Waals surface area contributed by atoms with E-state index in [0.717, 1.165) is 95.7 Å². The van der Waals surface area contributed by atoms with Gasteiger partial charge in [0.05, 0.1) is 6.54 Å². The van der Waals surface area contributed by atoms with Gasteiger partial charge in [0.15, 0.2) is 11.5 Å². The Morgan fingerprint density at radius 2 is 1.95 bits per heavy atom. The van der Waals surface area contributed by atoms with E-state index in [9.17, 15) is 9.90 Å². The zero-order valence-electron chi connectivity index (χ0n) is 23.5. The quantitative estimate of drug-likeness (QED) is 0.431. The molecule has 3 aliphatic rings. The number of fused-ring (bicyclic) bond motifs is 1. The summed E-state index contributed by atoms with van der Waals surface area (Å²) < 4.78 is 11.2. The lowest BCUT2D eigenvalue weighted by molar-refractivity contribution is -0.133. The Morgan fingerprint density at radius 3 is 2.68 bits per heavy atom. The van der Waals surface area contributed by atoms with E-state index >= 15 is 0 Å². The van der Waals surface area contributed by atoms with Crippen LogP contribution in [-0.2, 0) is 4.79 Å². The van der Waals surface area contributed by atoms with Crippen LogP contribution >= 0.6 is 0 Å². The maximum absolute atomic E-state index is 13.7. The Hall–Kier alpha value is -1.87. The number of aliphatic hydroxyl groups is 1. The lowest BCUT2D eigenvalue weighted by Crippen LogP contribution is -2.49. The second kappa shape index (κ2) is 12.8. The lowest BCUT2D eigenvalue weighted by atomic mass is 9.87. The standard InChI is InChI=1S/C29H48N4O4/c1-5-6-14-31(16-8-13-30(3)4)28(35)21-33-20-24(23-10-11-25-26(18-23)37-22-36-25)19-29(33,2)12-17-32-15-7-9-27(32)34/h10-11,18,24,27,34H,5-9,12-17,19-22H2,1-4H3/t24-,27?,29?/m1/s1. The van der Waals surface area contributed by atoms with Gasteiger partial charge in [0.2, 0.25) is 12.7 Å². The highest BCUT2D eigenvalue weighted by Gasteiger charge is 2.44. The molecule has 2 fully saturated rings. The Balaban J connectivity index is 1.47. The number of ether oxygens (including phenoxy) is 2. The average Bonchev–Trinajstić information content (AvgIpc) is 3.58. The molecule has 0 bridgehead atoms. The summed E-state index contributed by atoms with van der Waals surface area (Å²) in [6, 6.07) is 6.29. The van der Waals surface area contributed by atoms with Gasteiger partial charge in [-0.25, -0.2) is 0 Å². The van der Waals surface area contributed by atoms with Crippen LogP contribution in [0.25, 0.3) is 0 Å². The molecule has 0 saturated carbocycles. The molecule has 1 N–H and O–H groups in total. The molecule has 1 aromatic carbocycles. The maximum Gasteiger partial charge on any atom is 0.236 e. The normalized spacial score (nSPS) is 25.9. The summed E-state index contributed by atoms with van der Waals surface area (Å²) in [5.41, 5.74) is 1.14. The topological polar surface area (TPSA) is 68.7 Å². The highest BCUT2D eigenvalue weighted by molar-refractivity contribution is 5.78. The number of rotatable bonds is 13. The molecule has 8 heteroatoms. The number of benzene rings is 1. The van der Waals surface area contributed by atoms with Gasteiger partial charge in [-0.15, -0.1) is 0 Å². The molecular formula is C29H48N4O4. The van der Waals surface area contributed by atoms with Crippen molar-refractivity contribution in [3.8, 4) is 11.5 Å². The summed E-state index contributed by atoms with van der Waals surface area (Å²) in [7, 11) is 4.17. The highest BCUT2D eigenvalue weighted by Crippen LogP contribution is 2.43. The molecule has 1 aromatic rings. The van der Waals surface area contributed by atoms with Gasteiger partial charge >= 0.3 is 0 Å². The van der Waals surface area contributed by atoms with E-state index in [1.54, 1.807) is 0 Å². The van der Waals surface area contributed by atoms with Gasteiger partial charge in [0, 0.05) is 38.3 Å². The van der Waals surface area contributed by atoms with Crippen molar-refractivity contribution in [1.82, 2.24) is 19.6 Å². The summed E-state index contributed by atoms with van der Waals surface area (Å²) in [6.07, 6.45) is 6.63. The Labute approximate surface area is 223 Å². The van der Waals surface area contributed by atoms with Crippen molar-refractivity contribution in [3.63, 3.8) is 0 Å². The van der Waals surface area contributed by atoms with Gasteiger partial charge in [-0.1, -0.05) is 19.4 Å². The molecule has 0 radical (unpaired) electrons. The molecule has 0 aliphatic carbocycles. The van der Waals surface area contributed by atoms with Gasteiger partial charge in [0.1, 0.15) is 6.23 Å². The van der Waals surface area contributed by atoms with Crippen molar-refractivity contribution in [3.05, 3.63) is 23.8 Å². The fourth-order valence-corrected chi connectivity index (χ4v) is 6.12. The SMILES string of the molecule is CCCCN(CCCN(C)C)C(=O)CN1C[C@H](c2ccc3c(c2)OCO3)CC1(C)CCN1CCCC1O. The Kier molecular flexibility index (Phi) is 9.73. The third-order valence-electron chi connectivity index (χ3n) is 8.52. The summed E-state index contributed by atoms with van der Waals surface area (Å²) in [5.74, 6) is 2.20. The highest BCUT2D eigenvalue weighted by atomic mass is 16.7. The predicted octanol–water partition coefficient (Wildman–Crippen LogP) is 3.35. The lowest BCUT2D eigenvalue weighted by Gasteiger charge is -2.37.